The fraction of sp³-hybridized carbons (Fsp3) is 0.297. The first-order valence-corrected chi connectivity index (χ1v) is 17.0. The van der Waals surface area contributed by atoms with Crippen molar-refractivity contribution in [1.82, 2.24) is 29.1 Å². The normalized spacial score (nSPS) is 14.5. The molecule has 0 unspecified atom stereocenters. The zero-order valence-corrected chi connectivity index (χ0v) is 30.0. The van der Waals surface area contributed by atoms with Crippen LogP contribution in [-0.4, -0.2) is 59.2 Å². The van der Waals surface area contributed by atoms with Gasteiger partial charge in [-0.2, -0.15) is 0 Å². The molecule has 1 aliphatic rings. The summed E-state index contributed by atoms with van der Waals surface area (Å²) in [5, 5.41) is 12.3. The van der Waals surface area contributed by atoms with Crippen LogP contribution in [0.5, 0.6) is 5.75 Å². The number of nitrogens with zero attached hydrogens (tertiary/aromatic N) is 7. The fourth-order valence-electron chi connectivity index (χ4n) is 7.12. The predicted molar refractivity (Wildman–Crippen MR) is 194 cm³/mol. The van der Waals surface area contributed by atoms with Crippen molar-refractivity contribution in [2.24, 2.45) is 7.05 Å². The van der Waals surface area contributed by atoms with E-state index in [1.54, 1.807) is 23.9 Å². The highest BCUT2D eigenvalue weighted by Gasteiger charge is 2.39. The molecule has 0 spiro atoms. The third kappa shape index (κ3) is 5.45. The van der Waals surface area contributed by atoms with Gasteiger partial charge in [0.1, 0.15) is 23.3 Å². The van der Waals surface area contributed by atoms with Crippen LogP contribution in [0.4, 0.5) is 5.82 Å². The second-order valence-corrected chi connectivity index (χ2v) is 13.6. The molecule has 50 heavy (non-hydrogen) atoms. The highest BCUT2D eigenvalue weighted by Crippen LogP contribution is 2.45. The number of rotatable bonds is 8. The van der Waals surface area contributed by atoms with Crippen LogP contribution in [0, 0.1) is 27.7 Å². The maximum Gasteiger partial charge on any atom is 0.358 e. The Morgan fingerprint density at radius 3 is 2.40 bits per heavy atom. The second kappa shape index (κ2) is 12.7. The smallest absolute Gasteiger partial charge is 0.358 e. The summed E-state index contributed by atoms with van der Waals surface area (Å²) in [5.74, 6) is -0.906. The van der Waals surface area contributed by atoms with E-state index in [4.69, 9.17) is 32.9 Å². The molecule has 0 radical (unpaired) electrons. The van der Waals surface area contributed by atoms with Crippen molar-refractivity contribution in [3.05, 3.63) is 92.4 Å². The van der Waals surface area contributed by atoms with Crippen LogP contribution in [0.1, 0.15) is 68.4 Å². The third-order valence-corrected chi connectivity index (χ3v) is 10.3. The first-order chi connectivity index (χ1) is 23.9. The Kier molecular flexibility index (Phi) is 8.52. The number of hydrogen-bond acceptors (Lipinski definition) is 7. The molecule has 0 bridgehead atoms. The average Bonchev–Trinajstić information content (AvgIpc) is 3.61. The van der Waals surface area contributed by atoms with Crippen LogP contribution in [-0.2, 0) is 13.5 Å². The van der Waals surface area contributed by atoms with Crippen molar-refractivity contribution in [3.8, 4) is 16.9 Å². The van der Waals surface area contributed by atoms with Gasteiger partial charge in [0.05, 0.1) is 17.1 Å². The van der Waals surface area contributed by atoms with Crippen molar-refractivity contribution in [3.63, 3.8) is 0 Å². The maximum absolute atomic E-state index is 14.9. The Morgan fingerprint density at radius 2 is 1.72 bits per heavy atom. The zero-order valence-electron chi connectivity index (χ0n) is 28.5. The molecule has 0 saturated carbocycles. The fourth-order valence-corrected chi connectivity index (χ4v) is 7.47. The van der Waals surface area contributed by atoms with Crippen LogP contribution in [0.15, 0.2) is 42.9 Å². The monoisotopic (exact) mass is 711 g/mol. The summed E-state index contributed by atoms with van der Waals surface area (Å²) in [4.78, 5) is 46.9. The molecular formula is C37H35Cl2N7O4. The minimum atomic E-state index is -1.26. The minimum Gasteiger partial charge on any atom is -0.494 e. The molecule has 2 aromatic carbocycles. The number of anilines is 1. The van der Waals surface area contributed by atoms with E-state index in [-0.39, 0.29) is 30.0 Å². The molecule has 0 aliphatic carbocycles. The van der Waals surface area contributed by atoms with E-state index >= 15 is 0 Å². The van der Waals surface area contributed by atoms with Crippen molar-refractivity contribution in [1.29, 1.82) is 0 Å². The van der Waals surface area contributed by atoms with Crippen molar-refractivity contribution in [2.75, 3.05) is 18.1 Å². The summed E-state index contributed by atoms with van der Waals surface area (Å²) < 4.78 is 9.95. The number of carbonyl (C=O) groups excluding carboxylic acids is 1. The van der Waals surface area contributed by atoms with Crippen molar-refractivity contribution < 1.29 is 19.4 Å². The molecular weight excluding hydrogens is 677 g/mol. The van der Waals surface area contributed by atoms with Crippen LogP contribution < -0.4 is 9.64 Å². The average molecular weight is 713 g/mol. The van der Waals surface area contributed by atoms with E-state index in [0.717, 1.165) is 55.9 Å². The number of fused-ring (bicyclic) bond motifs is 4. The van der Waals surface area contributed by atoms with Crippen LogP contribution in [0.3, 0.4) is 0 Å². The lowest BCUT2D eigenvalue weighted by Crippen LogP contribution is -2.44. The van der Waals surface area contributed by atoms with Gasteiger partial charge >= 0.3 is 5.97 Å². The van der Waals surface area contributed by atoms with E-state index in [9.17, 15) is 14.7 Å². The van der Waals surface area contributed by atoms with E-state index in [1.165, 1.54) is 11.2 Å². The number of halogens is 2. The van der Waals surface area contributed by atoms with E-state index in [0.29, 0.717) is 46.4 Å². The lowest BCUT2D eigenvalue weighted by atomic mass is 9.97. The molecule has 1 amide bonds. The van der Waals surface area contributed by atoms with Crippen LogP contribution in [0.25, 0.3) is 33.2 Å². The number of carbonyl (C=O) groups is 2. The van der Waals surface area contributed by atoms with Gasteiger partial charge in [-0.3, -0.25) is 9.69 Å². The third-order valence-electron chi connectivity index (χ3n) is 9.41. The Morgan fingerprint density at radius 1 is 1.02 bits per heavy atom. The predicted octanol–water partition coefficient (Wildman–Crippen LogP) is 7.85. The first-order valence-electron chi connectivity index (χ1n) is 16.3. The van der Waals surface area contributed by atoms with Gasteiger partial charge in [0, 0.05) is 58.8 Å². The molecule has 11 nitrogen and oxygen atoms in total. The summed E-state index contributed by atoms with van der Waals surface area (Å²) in [5.41, 5.74) is 7.64. The van der Waals surface area contributed by atoms with Crippen LogP contribution >= 0.6 is 23.2 Å². The van der Waals surface area contributed by atoms with Crippen LogP contribution in [0.2, 0.25) is 10.0 Å². The summed E-state index contributed by atoms with van der Waals surface area (Å²) >= 11 is 13.4. The molecule has 5 heterocycles. The standard InChI is InChI=1S/C37H35Cl2N7O4/c1-18-14-23(15-19(2)30(18)39)50-13-7-8-24-25-9-10-26(38)29(28-21(4)40-17-41-22(28)5)32(25)46-20(3)16-45(36(47)33(24)46)35-31(37(48)49)42-27-11-12-44(6)34(27)43-35/h9-12,14-15,17,20H,7-8,13,16H2,1-6H3,(H,48,49)/t20-/m1/s1. The minimum absolute atomic E-state index is 0.00400. The van der Waals surface area contributed by atoms with Gasteiger partial charge in [-0.1, -0.05) is 29.3 Å². The quantitative estimate of drug-likeness (QED) is 0.158. The number of aromatic carboxylic acids is 1. The second-order valence-electron chi connectivity index (χ2n) is 12.9. The van der Waals surface area contributed by atoms with E-state index < -0.39 is 5.97 Å². The summed E-state index contributed by atoms with van der Waals surface area (Å²) in [6.45, 7) is 10.3. The molecule has 0 saturated heterocycles. The van der Waals surface area contributed by atoms with Gasteiger partial charge < -0.3 is 19.0 Å². The highest BCUT2D eigenvalue weighted by atomic mass is 35.5. The van der Waals surface area contributed by atoms with Gasteiger partial charge in [0.15, 0.2) is 17.2 Å². The highest BCUT2D eigenvalue weighted by molar-refractivity contribution is 6.35. The maximum atomic E-state index is 14.9. The topological polar surface area (TPSA) is 128 Å². The zero-order chi connectivity index (χ0) is 35.6. The van der Waals surface area contributed by atoms with Gasteiger partial charge in [-0.15, -0.1) is 0 Å². The molecule has 13 heteroatoms. The number of hydrogen-bond donors (Lipinski definition) is 1. The number of aryl methyl sites for hydroxylation is 6. The number of amides is 1. The SMILES string of the molecule is Cc1cc(OCCCc2c3n(c4c(-c5c(C)ncnc5C)c(Cl)ccc24)[C@H](C)CN(c2nc4c(ccn4C)nc2C(=O)O)C3=O)cc(C)c1Cl. The van der Waals surface area contributed by atoms with Crippen molar-refractivity contribution in [2.45, 2.75) is 53.5 Å². The number of carboxylic acids is 1. The van der Waals surface area contributed by atoms with E-state index in [2.05, 4.69) is 15.0 Å². The summed E-state index contributed by atoms with van der Waals surface area (Å²) in [6.07, 6.45) is 4.37. The number of aromatic nitrogens is 6. The molecule has 7 rings (SSSR count). The largest absolute Gasteiger partial charge is 0.494 e. The number of benzene rings is 2. The summed E-state index contributed by atoms with van der Waals surface area (Å²) in [6, 6.07) is 9.03. The van der Waals surface area contributed by atoms with Gasteiger partial charge in [-0.25, -0.2) is 24.7 Å². The molecule has 6 aromatic rings. The lowest BCUT2D eigenvalue weighted by Gasteiger charge is -2.34. The first kappa shape index (κ1) is 33.5. The summed E-state index contributed by atoms with van der Waals surface area (Å²) in [7, 11) is 1.80. The van der Waals surface area contributed by atoms with Gasteiger partial charge in [0.2, 0.25) is 0 Å². The molecule has 256 valence electrons. The van der Waals surface area contributed by atoms with Crippen molar-refractivity contribution >= 4 is 63.0 Å². The Balaban J connectivity index is 1.39. The lowest BCUT2D eigenvalue weighted by molar-refractivity contribution is 0.0691. The molecule has 4 aromatic heterocycles. The Labute approximate surface area is 298 Å². The molecule has 1 aliphatic heterocycles. The Bertz CT molecular complexity index is 2340. The van der Waals surface area contributed by atoms with Gasteiger partial charge in [0.25, 0.3) is 5.91 Å². The Hall–Kier alpha value is -5.00. The molecule has 1 atom stereocenters. The van der Waals surface area contributed by atoms with Gasteiger partial charge in [-0.05, 0) is 88.4 Å². The molecule has 0 fully saturated rings. The molecule has 1 N–H and O–H groups in total. The number of ether oxygens (including phenoxy) is 1. The number of carboxylic acid groups (broad SMARTS) is 1. The van der Waals surface area contributed by atoms with E-state index in [1.807, 2.05) is 63.5 Å².